The van der Waals surface area contributed by atoms with Crippen LogP contribution in [0.2, 0.25) is 0 Å². The van der Waals surface area contributed by atoms with Crippen molar-refractivity contribution in [1.29, 1.82) is 0 Å². The average Bonchev–Trinajstić information content (AvgIpc) is 2.41. The molecule has 2 unspecified atom stereocenters. The molecule has 2 rings (SSSR count). The molecule has 116 valence electrons. The molecule has 0 aliphatic carbocycles. The summed E-state index contributed by atoms with van der Waals surface area (Å²) in [5.41, 5.74) is -0.519. The Morgan fingerprint density at radius 1 is 1.38 bits per heavy atom. The highest BCUT2D eigenvalue weighted by Gasteiger charge is 2.26. The first kappa shape index (κ1) is 15.7. The average molecular weight is 299 g/mol. The Kier molecular flexibility index (Phi) is 4.77. The first-order valence-corrected chi connectivity index (χ1v) is 6.99. The van der Waals surface area contributed by atoms with Crippen LogP contribution in [0.4, 0.5) is 14.5 Å². The van der Waals surface area contributed by atoms with Gasteiger partial charge in [-0.3, -0.25) is 0 Å². The number of aromatic carboxylic acids is 1. The third-order valence-corrected chi connectivity index (χ3v) is 3.71. The molecule has 1 aliphatic rings. The van der Waals surface area contributed by atoms with Gasteiger partial charge in [0.2, 0.25) is 0 Å². The number of benzene rings is 1. The molecule has 0 saturated carbocycles. The maximum Gasteiger partial charge on any atom is 0.338 e. The molecule has 2 N–H and O–H groups in total. The molecule has 0 bridgehead atoms. The molecule has 2 atom stereocenters. The number of halogens is 2. The SMILES string of the molecule is CC(C)C1CC(Nc2cc(C(=O)O)c(F)cc2F)CCO1. The van der Waals surface area contributed by atoms with Gasteiger partial charge in [-0.15, -0.1) is 0 Å². The third kappa shape index (κ3) is 3.69. The van der Waals surface area contributed by atoms with E-state index in [2.05, 4.69) is 5.32 Å². The van der Waals surface area contributed by atoms with Crippen molar-refractivity contribution >= 4 is 11.7 Å². The van der Waals surface area contributed by atoms with Crippen LogP contribution in [0.1, 0.15) is 37.0 Å². The van der Waals surface area contributed by atoms with Gasteiger partial charge in [0.05, 0.1) is 17.4 Å². The van der Waals surface area contributed by atoms with E-state index in [0.717, 1.165) is 6.07 Å². The number of carboxylic acid groups (broad SMARTS) is 1. The minimum atomic E-state index is -1.41. The fraction of sp³-hybridized carbons (Fsp3) is 0.533. The van der Waals surface area contributed by atoms with Gasteiger partial charge in [0.15, 0.2) is 0 Å². The molecular formula is C15H19F2NO3. The smallest absolute Gasteiger partial charge is 0.338 e. The van der Waals surface area contributed by atoms with Crippen LogP contribution < -0.4 is 5.32 Å². The topological polar surface area (TPSA) is 58.6 Å². The molecule has 1 heterocycles. The Hall–Kier alpha value is -1.69. The van der Waals surface area contributed by atoms with Gasteiger partial charge in [-0.2, -0.15) is 0 Å². The molecule has 4 nitrogen and oxygen atoms in total. The second-order valence-electron chi connectivity index (χ2n) is 5.64. The molecule has 0 amide bonds. The molecule has 0 aromatic heterocycles. The van der Waals surface area contributed by atoms with Crippen LogP contribution in [0.25, 0.3) is 0 Å². The van der Waals surface area contributed by atoms with E-state index in [4.69, 9.17) is 9.84 Å². The zero-order chi connectivity index (χ0) is 15.6. The van der Waals surface area contributed by atoms with Gasteiger partial charge in [-0.05, 0) is 24.8 Å². The lowest BCUT2D eigenvalue weighted by Crippen LogP contribution is -2.36. The van der Waals surface area contributed by atoms with Crippen LogP contribution in [0, 0.1) is 17.6 Å². The number of anilines is 1. The molecule has 1 saturated heterocycles. The fourth-order valence-electron chi connectivity index (χ4n) is 2.47. The van der Waals surface area contributed by atoms with Crippen LogP contribution in [0.3, 0.4) is 0 Å². The lowest BCUT2D eigenvalue weighted by Gasteiger charge is -2.33. The van der Waals surface area contributed by atoms with Crippen molar-refractivity contribution < 1.29 is 23.4 Å². The first-order valence-electron chi connectivity index (χ1n) is 6.99. The standard InChI is InChI=1S/C15H19F2NO3/c1-8(2)14-5-9(3-4-21-14)18-13-6-10(15(19)20)11(16)7-12(13)17/h6-9,14,18H,3-5H2,1-2H3,(H,19,20). The van der Waals surface area contributed by atoms with Crippen molar-refractivity contribution in [1.82, 2.24) is 0 Å². The Balaban J connectivity index is 2.15. The van der Waals surface area contributed by atoms with Crippen molar-refractivity contribution in [3.63, 3.8) is 0 Å². The minimum Gasteiger partial charge on any atom is -0.478 e. The summed E-state index contributed by atoms with van der Waals surface area (Å²) < 4.78 is 32.8. The molecule has 1 aromatic carbocycles. The summed E-state index contributed by atoms with van der Waals surface area (Å²) in [5.74, 6) is -2.92. The number of carboxylic acids is 1. The number of hydrogen-bond acceptors (Lipinski definition) is 3. The minimum absolute atomic E-state index is 0.0169. The largest absolute Gasteiger partial charge is 0.478 e. The highest BCUT2D eigenvalue weighted by atomic mass is 19.1. The van der Waals surface area contributed by atoms with Crippen molar-refractivity contribution in [3.8, 4) is 0 Å². The predicted octanol–water partition coefficient (Wildman–Crippen LogP) is 3.28. The number of nitrogens with one attached hydrogen (secondary N) is 1. The number of rotatable bonds is 4. The highest BCUT2D eigenvalue weighted by Crippen LogP contribution is 2.26. The Labute approximate surface area is 122 Å². The van der Waals surface area contributed by atoms with E-state index in [1.165, 1.54) is 0 Å². The monoisotopic (exact) mass is 299 g/mol. The Morgan fingerprint density at radius 3 is 2.71 bits per heavy atom. The van der Waals surface area contributed by atoms with E-state index < -0.39 is 23.2 Å². The number of ether oxygens (including phenoxy) is 1. The summed E-state index contributed by atoms with van der Waals surface area (Å²) in [6.07, 6.45) is 1.48. The summed E-state index contributed by atoms with van der Waals surface area (Å²) in [6.45, 7) is 4.66. The fourth-order valence-corrected chi connectivity index (χ4v) is 2.47. The molecule has 1 aliphatic heterocycles. The third-order valence-electron chi connectivity index (χ3n) is 3.71. The zero-order valence-electron chi connectivity index (χ0n) is 12.0. The van der Waals surface area contributed by atoms with Crippen molar-refractivity contribution in [2.45, 2.75) is 38.8 Å². The number of carbonyl (C=O) groups is 1. The molecule has 0 spiro atoms. The Morgan fingerprint density at radius 2 is 2.10 bits per heavy atom. The number of hydrogen-bond donors (Lipinski definition) is 2. The van der Waals surface area contributed by atoms with Crippen LogP contribution in [-0.2, 0) is 4.74 Å². The van der Waals surface area contributed by atoms with Gasteiger partial charge < -0.3 is 15.2 Å². The van der Waals surface area contributed by atoms with Gasteiger partial charge in [-0.1, -0.05) is 13.8 Å². The predicted molar refractivity (Wildman–Crippen MR) is 74.5 cm³/mol. The van der Waals surface area contributed by atoms with Gasteiger partial charge in [0, 0.05) is 18.7 Å². The molecule has 1 aromatic rings. The van der Waals surface area contributed by atoms with Crippen molar-refractivity contribution in [2.24, 2.45) is 5.92 Å². The highest BCUT2D eigenvalue weighted by molar-refractivity contribution is 5.89. The van der Waals surface area contributed by atoms with Gasteiger partial charge in [-0.25, -0.2) is 13.6 Å². The summed E-state index contributed by atoms with van der Waals surface area (Å²) in [6, 6.07) is 1.59. The van der Waals surface area contributed by atoms with Crippen LogP contribution in [-0.4, -0.2) is 29.8 Å². The van der Waals surface area contributed by atoms with Crippen LogP contribution in [0.15, 0.2) is 12.1 Å². The van der Waals surface area contributed by atoms with E-state index in [1.54, 1.807) is 0 Å². The van der Waals surface area contributed by atoms with Gasteiger partial charge >= 0.3 is 5.97 Å². The normalized spacial score (nSPS) is 22.3. The lowest BCUT2D eigenvalue weighted by molar-refractivity contribution is -0.0161. The van der Waals surface area contributed by atoms with E-state index in [9.17, 15) is 13.6 Å². The Bertz CT molecular complexity index is 534. The van der Waals surface area contributed by atoms with Crippen LogP contribution >= 0.6 is 0 Å². The van der Waals surface area contributed by atoms with Crippen molar-refractivity contribution in [2.75, 3.05) is 11.9 Å². The molecule has 21 heavy (non-hydrogen) atoms. The lowest BCUT2D eigenvalue weighted by atomic mass is 9.95. The first-order chi connectivity index (χ1) is 9.88. The van der Waals surface area contributed by atoms with Gasteiger partial charge in [0.25, 0.3) is 0 Å². The van der Waals surface area contributed by atoms with E-state index in [1.807, 2.05) is 13.8 Å². The molecule has 1 fully saturated rings. The summed E-state index contributed by atoms with van der Waals surface area (Å²) in [4.78, 5) is 10.9. The quantitative estimate of drug-likeness (QED) is 0.896. The molecule has 6 heteroatoms. The summed E-state index contributed by atoms with van der Waals surface area (Å²) >= 11 is 0. The zero-order valence-corrected chi connectivity index (χ0v) is 12.0. The maximum absolute atomic E-state index is 13.8. The second kappa shape index (κ2) is 6.39. The molecular weight excluding hydrogens is 280 g/mol. The van der Waals surface area contributed by atoms with Crippen molar-refractivity contribution in [3.05, 3.63) is 29.3 Å². The van der Waals surface area contributed by atoms with E-state index >= 15 is 0 Å². The van der Waals surface area contributed by atoms with Gasteiger partial charge in [0.1, 0.15) is 11.6 Å². The summed E-state index contributed by atoms with van der Waals surface area (Å²) in [7, 11) is 0. The van der Waals surface area contributed by atoms with E-state index in [0.29, 0.717) is 31.4 Å². The van der Waals surface area contributed by atoms with E-state index in [-0.39, 0.29) is 17.8 Å². The molecule has 0 radical (unpaired) electrons. The van der Waals surface area contributed by atoms with Crippen LogP contribution in [0.5, 0.6) is 0 Å². The second-order valence-corrected chi connectivity index (χ2v) is 5.64. The maximum atomic E-state index is 13.8. The summed E-state index contributed by atoms with van der Waals surface area (Å²) in [5, 5.41) is 11.9.